The normalized spacial score (nSPS) is 16.9. The van der Waals surface area contributed by atoms with Crippen molar-refractivity contribution in [2.45, 2.75) is 26.7 Å². The lowest BCUT2D eigenvalue weighted by Crippen LogP contribution is -2.30. The molecule has 1 aliphatic heterocycles. The Bertz CT molecular complexity index is 687. The maximum atomic E-state index is 12.6. The quantitative estimate of drug-likeness (QED) is 0.775. The molecule has 1 aromatic rings. The van der Waals surface area contributed by atoms with Crippen LogP contribution in [0.2, 0.25) is 0 Å². The van der Waals surface area contributed by atoms with E-state index in [2.05, 4.69) is 15.5 Å². The monoisotopic (exact) mass is 360 g/mol. The van der Waals surface area contributed by atoms with Crippen LogP contribution in [0.5, 0.6) is 0 Å². The molecule has 1 aromatic carbocycles. The van der Waals surface area contributed by atoms with E-state index in [1.165, 1.54) is 6.92 Å². The Morgan fingerprint density at radius 3 is 2.65 bits per heavy atom. The third-order valence-electron chi connectivity index (χ3n) is 4.43. The molecule has 1 atom stereocenters. The molecule has 2 N–H and O–H groups in total. The van der Waals surface area contributed by atoms with Crippen LogP contribution < -0.4 is 10.6 Å². The molecule has 0 saturated carbocycles. The zero-order chi connectivity index (χ0) is 19.3. The molecular weight excluding hydrogens is 332 g/mol. The third kappa shape index (κ3) is 5.56. The van der Waals surface area contributed by atoms with Gasteiger partial charge in [0.25, 0.3) is 0 Å². The summed E-state index contributed by atoms with van der Waals surface area (Å²) in [7, 11) is 4.00. The fraction of sp³-hybridized carbons (Fsp3) is 0.526. The average Bonchev–Trinajstić information content (AvgIpc) is 2.91. The SMILES string of the molecule is CC(=O)Nc1ccc(C)c(NC(=O)C2CC(=O)N(CCCN(C)C)C2)c1. The molecule has 1 aliphatic rings. The number of amides is 3. The van der Waals surface area contributed by atoms with Gasteiger partial charge in [0, 0.05) is 37.8 Å². The summed E-state index contributed by atoms with van der Waals surface area (Å²) >= 11 is 0. The molecule has 0 radical (unpaired) electrons. The number of aryl methyl sites for hydroxylation is 1. The minimum absolute atomic E-state index is 0.0348. The second-order valence-corrected chi connectivity index (χ2v) is 7.10. The fourth-order valence-corrected chi connectivity index (χ4v) is 3.01. The molecule has 3 amide bonds. The van der Waals surface area contributed by atoms with E-state index in [9.17, 15) is 14.4 Å². The molecule has 1 saturated heterocycles. The van der Waals surface area contributed by atoms with Crippen LogP contribution in [0.15, 0.2) is 18.2 Å². The highest BCUT2D eigenvalue weighted by atomic mass is 16.2. The molecule has 7 nitrogen and oxygen atoms in total. The van der Waals surface area contributed by atoms with Crippen molar-refractivity contribution in [2.75, 3.05) is 44.4 Å². The van der Waals surface area contributed by atoms with Crippen molar-refractivity contribution < 1.29 is 14.4 Å². The summed E-state index contributed by atoms with van der Waals surface area (Å²) in [6.07, 6.45) is 1.14. The van der Waals surface area contributed by atoms with Gasteiger partial charge in [0.1, 0.15) is 0 Å². The molecule has 0 bridgehead atoms. The smallest absolute Gasteiger partial charge is 0.229 e. The number of anilines is 2. The van der Waals surface area contributed by atoms with E-state index in [1.54, 1.807) is 17.0 Å². The van der Waals surface area contributed by atoms with Crippen LogP contribution in [0.25, 0.3) is 0 Å². The summed E-state index contributed by atoms with van der Waals surface area (Å²) < 4.78 is 0. The fourth-order valence-electron chi connectivity index (χ4n) is 3.01. The van der Waals surface area contributed by atoms with Gasteiger partial charge in [-0.15, -0.1) is 0 Å². The van der Waals surface area contributed by atoms with Gasteiger partial charge in [0.15, 0.2) is 0 Å². The summed E-state index contributed by atoms with van der Waals surface area (Å²) in [6, 6.07) is 5.37. The molecule has 0 aromatic heterocycles. The topological polar surface area (TPSA) is 81.8 Å². The molecule has 142 valence electrons. The molecule has 26 heavy (non-hydrogen) atoms. The zero-order valence-electron chi connectivity index (χ0n) is 16.0. The van der Waals surface area contributed by atoms with Gasteiger partial charge in [0.2, 0.25) is 17.7 Å². The lowest BCUT2D eigenvalue weighted by molar-refractivity contribution is -0.128. The Morgan fingerprint density at radius 1 is 1.27 bits per heavy atom. The lowest BCUT2D eigenvalue weighted by Gasteiger charge is -2.18. The van der Waals surface area contributed by atoms with E-state index in [0.29, 0.717) is 24.5 Å². The van der Waals surface area contributed by atoms with Gasteiger partial charge in [-0.1, -0.05) is 6.07 Å². The second kappa shape index (κ2) is 8.80. The highest BCUT2D eigenvalue weighted by molar-refractivity contribution is 5.98. The van der Waals surface area contributed by atoms with Crippen molar-refractivity contribution in [3.8, 4) is 0 Å². The molecule has 0 aliphatic carbocycles. The number of likely N-dealkylation sites (tertiary alicyclic amines) is 1. The van der Waals surface area contributed by atoms with E-state index in [1.807, 2.05) is 27.1 Å². The highest BCUT2D eigenvalue weighted by Gasteiger charge is 2.34. The molecule has 1 fully saturated rings. The van der Waals surface area contributed by atoms with Gasteiger partial charge in [-0.25, -0.2) is 0 Å². The minimum atomic E-state index is -0.342. The van der Waals surface area contributed by atoms with Gasteiger partial charge >= 0.3 is 0 Å². The molecule has 2 rings (SSSR count). The first-order chi connectivity index (χ1) is 12.3. The number of rotatable bonds is 7. The maximum Gasteiger partial charge on any atom is 0.229 e. The first kappa shape index (κ1) is 19.9. The summed E-state index contributed by atoms with van der Waals surface area (Å²) in [4.78, 5) is 39.8. The standard InChI is InChI=1S/C19H28N4O3/c1-13-6-7-16(20-14(2)24)11-17(13)21-19(26)15-10-18(25)23(12-15)9-5-8-22(3)4/h6-7,11,15H,5,8-10,12H2,1-4H3,(H,20,24)(H,21,26). The largest absolute Gasteiger partial charge is 0.342 e. The first-order valence-electron chi connectivity index (χ1n) is 8.88. The van der Waals surface area contributed by atoms with Gasteiger partial charge in [-0.05, 0) is 51.7 Å². The number of nitrogens with one attached hydrogen (secondary N) is 2. The summed E-state index contributed by atoms with van der Waals surface area (Å²) in [5, 5.41) is 5.61. The summed E-state index contributed by atoms with van der Waals surface area (Å²) in [6.45, 7) is 5.38. The minimum Gasteiger partial charge on any atom is -0.342 e. The number of carbonyl (C=O) groups is 3. The second-order valence-electron chi connectivity index (χ2n) is 7.10. The average molecular weight is 360 g/mol. The van der Waals surface area contributed by atoms with Crippen LogP contribution in [-0.4, -0.2) is 61.3 Å². The lowest BCUT2D eigenvalue weighted by atomic mass is 10.1. The van der Waals surface area contributed by atoms with Crippen LogP contribution in [0.1, 0.15) is 25.3 Å². The molecular formula is C19H28N4O3. The van der Waals surface area contributed by atoms with E-state index < -0.39 is 0 Å². The Hall–Kier alpha value is -2.41. The van der Waals surface area contributed by atoms with Crippen molar-refractivity contribution in [1.82, 2.24) is 9.80 Å². The Balaban J connectivity index is 1.95. The Kier molecular flexibility index (Phi) is 6.74. The van der Waals surface area contributed by atoms with Crippen molar-refractivity contribution in [2.24, 2.45) is 5.92 Å². The molecule has 1 unspecified atom stereocenters. The number of nitrogens with zero attached hydrogens (tertiary/aromatic N) is 2. The summed E-state index contributed by atoms with van der Waals surface area (Å²) in [5.41, 5.74) is 2.19. The predicted molar refractivity (Wildman–Crippen MR) is 102 cm³/mol. The highest BCUT2D eigenvalue weighted by Crippen LogP contribution is 2.24. The zero-order valence-corrected chi connectivity index (χ0v) is 16.0. The van der Waals surface area contributed by atoms with Gasteiger partial charge in [-0.3, -0.25) is 14.4 Å². The number of hydrogen-bond acceptors (Lipinski definition) is 4. The predicted octanol–water partition coefficient (Wildman–Crippen LogP) is 1.69. The van der Waals surface area contributed by atoms with E-state index in [0.717, 1.165) is 18.5 Å². The Morgan fingerprint density at radius 2 is 2.00 bits per heavy atom. The van der Waals surface area contributed by atoms with Gasteiger partial charge in [0.05, 0.1) is 5.92 Å². The van der Waals surface area contributed by atoms with Crippen LogP contribution in [0.4, 0.5) is 11.4 Å². The summed E-state index contributed by atoms with van der Waals surface area (Å²) in [5.74, 6) is -0.629. The maximum absolute atomic E-state index is 12.6. The van der Waals surface area contributed by atoms with Crippen LogP contribution in [-0.2, 0) is 14.4 Å². The number of hydrogen-bond donors (Lipinski definition) is 2. The Labute approximate surface area is 154 Å². The third-order valence-corrected chi connectivity index (χ3v) is 4.43. The van der Waals surface area contributed by atoms with Crippen molar-refractivity contribution in [3.05, 3.63) is 23.8 Å². The molecule has 1 heterocycles. The van der Waals surface area contributed by atoms with Crippen LogP contribution in [0, 0.1) is 12.8 Å². The van der Waals surface area contributed by atoms with E-state index >= 15 is 0 Å². The van der Waals surface area contributed by atoms with Gasteiger partial charge in [-0.2, -0.15) is 0 Å². The molecule has 7 heteroatoms. The van der Waals surface area contributed by atoms with Crippen LogP contribution in [0.3, 0.4) is 0 Å². The number of benzene rings is 1. The van der Waals surface area contributed by atoms with E-state index in [-0.39, 0.29) is 30.1 Å². The van der Waals surface area contributed by atoms with E-state index in [4.69, 9.17) is 0 Å². The van der Waals surface area contributed by atoms with Crippen molar-refractivity contribution in [1.29, 1.82) is 0 Å². The first-order valence-corrected chi connectivity index (χ1v) is 8.88. The van der Waals surface area contributed by atoms with Gasteiger partial charge < -0.3 is 20.4 Å². The van der Waals surface area contributed by atoms with Crippen LogP contribution >= 0.6 is 0 Å². The van der Waals surface area contributed by atoms with Crippen molar-refractivity contribution in [3.63, 3.8) is 0 Å². The van der Waals surface area contributed by atoms with Crippen molar-refractivity contribution >= 4 is 29.1 Å². The number of carbonyl (C=O) groups excluding carboxylic acids is 3. The molecule has 0 spiro atoms.